The van der Waals surface area contributed by atoms with Gasteiger partial charge in [0.05, 0.1) is 19.0 Å². The van der Waals surface area contributed by atoms with E-state index in [0.717, 1.165) is 42.1 Å². The van der Waals surface area contributed by atoms with Crippen molar-refractivity contribution in [1.82, 2.24) is 19.8 Å². The van der Waals surface area contributed by atoms with E-state index in [1.54, 1.807) is 30.7 Å². The third-order valence-corrected chi connectivity index (χ3v) is 5.41. The molecule has 4 aromatic rings. The van der Waals surface area contributed by atoms with E-state index in [1.807, 2.05) is 29.5 Å². The first-order chi connectivity index (χ1) is 17.1. The van der Waals surface area contributed by atoms with Crippen LogP contribution in [-0.4, -0.2) is 41.2 Å². The Kier molecular flexibility index (Phi) is 8.12. The van der Waals surface area contributed by atoms with Crippen molar-refractivity contribution in [3.8, 4) is 22.8 Å². The van der Waals surface area contributed by atoms with E-state index >= 15 is 0 Å². The van der Waals surface area contributed by atoms with Crippen LogP contribution in [0.4, 0.5) is 15.9 Å². The number of benzene rings is 2. The molecule has 184 valence electrons. The third-order valence-electron chi connectivity index (χ3n) is 5.41. The average Bonchev–Trinajstić information content (AvgIpc) is 3.30. The van der Waals surface area contributed by atoms with Crippen molar-refractivity contribution in [2.45, 2.75) is 26.7 Å². The number of imidazole rings is 1. The normalized spacial score (nSPS) is 11.1. The van der Waals surface area contributed by atoms with E-state index in [1.165, 1.54) is 13.2 Å². The number of aromatic nitrogens is 3. The second kappa shape index (κ2) is 11.6. The van der Waals surface area contributed by atoms with Crippen molar-refractivity contribution < 1.29 is 18.7 Å². The number of hydrogen-bond donors (Lipinski definition) is 2. The highest BCUT2D eigenvalue weighted by Crippen LogP contribution is 2.29. The van der Waals surface area contributed by atoms with Crippen molar-refractivity contribution in [2.24, 2.45) is 0 Å². The molecule has 4 rings (SSSR count). The summed E-state index contributed by atoms with van der Waals surface area (Å²) in [4.78, 5) is 14.7. The van der Waals surface area contributed by atoms with Gasteiger partial charge in [-0.25, -0.2) is 14.4 Å². The van der Waals surface area contributed by atoms with Crippen LogP contribution >= 0.6 is 0 Å². The van der Waals surface area contributed by atoms with Crippen LogP contribution in [0.15, 0.2) is 55.0 Å². The predicted octanol–water partition coefficient (Wildman–Crippen LogP) is 5.30. The summed E-state index contributed by atoms with van der Waals surface area (Å²) in [5.74, 6) is 1.11. The molecule has 0 saturated heterocycles. The largest absolute Gasteiger partial charge is 0.494 e. The highest BCUT2D eigenvalue weighted by molar-refractivity contribution is 5.74. The molecule has 0 fully saturated rings. The molecule has 0 radical (unpaired) electrons. The van der Waals surface area contributed by atoms with Gasteiger partial charge < -0.3 is 19.6 Å². The molecule has 35 heavy (non-hydrogen) atoms. The van der Waals surface area contributed by atoms with Crippen molar-refractivity contribution >= 4 is 17.2 Å². The monoisotopic (exact) mass is 479 g/mol. The number of hydrogen-bond acceptors (Lipinski definition) is 7. The lowest BCUT2D eigenvalue weighted by Gasteiger charge is -2.12. The second-order valence-corrected chi connectivity index (χ2v) is 8.03. The lowest BCUT2D eigenvalue weighted by atomic mass is 10.1. The number of nitrogens with zero attached hydrogens (tertiary/aromatic N) is 3. The molecule has 0 bridgehead atoms. The summed E-state index contributed by atoms with van der Waals surface area (Å²) < 4.78 is 26.6. The molecule has 2 aromatic carbocycles. The molecule has 0 unspecified atom stereocenters. The molecule has 0 atom stereocenters. The smallest absolute Gasteiger partial charge is 0.180 e. The summed E-state index contributed by atoms with van der Waals surface area (Å²) in [6.07, 6.45) is 7.08. The topological polar surface area (TPSA) is 81.9 Å². The summed E-state index contributed by atoms with van der Waals surface area (Å²) in [5, 5.41) is 3.32. The van der Waals surface area contributed by atoms with Gasteiger partial charge in [0.2, 0.25) is 0 Å². The summed E-state index contributed by atoms with van der Waals surface area (Å²) >= 11 is 0. The molecular weight excluding hydrogens is 449 g/mol. The summed E-state index contributed by atoms with van der Waals surface area (Å²) in [6.45, 7) is 6.28. The molecule has 0 amide bonds. The quantitative estimate of drug-likeness (QED) is 0.211. The van der Waals surface area contributed by atoms with Crippen LogP contribution in [0.2, 0.25) is 0 Å². The summed E-state index contributed by atoms with van der Waals surface area (Å²) in [7, 11) is 1.44. The van der Waals surface area contributed by atoms with Gasteiger partial charge in [0, 0.05) is 43.4 Å². The molecule has 2 aromatic heterocycles. The van der Waals surface area contributed by atoms with Gasteiger partial charge in [0.1, 0.15) is 5.75 Å². The van der Waals surface area contributed by atoms with E-state index in [-0.39, 0.29) is 5.75 Å². The second-order valence-electron chi connectivity index (χ2n) is 8.03. The van der Waals surface area contributed by atoms with Gasteiger partial charge in [0.25, 0.3) is 0 Å². The van der Waals surface area contributed by atoms with Crippen LogP contribution in [-0.2, 0) is 4.74 Å². The molecule has 2 heterocycles. The molecule has 0 aliphatic carbocycles. The highest BCUT2D eigenvalue weighted by Gasteiger charge is 2.13. The number of aryl methyl sites for hydroxylation is 1. The fourth-order valence-corrected chi connectivity index (χ4v) is 3.65. The zero-order valence-electron chi connectivity index (χ0n) is 20.2. The van der Waals surface area contributed by atoms with Crippen molar-refractivity contribution in [3.05, 3.63) is 66.4 Å². The number of fused-ring (bicyclic) bond motifs is 1. The van der Waals surface area contributed by atoms with Crippen molar-refractivity contribution in [3.63, 3.8) is 0 Å². The Bertz CT molecular complexity index is 1280. The number of halogens is 1. The Morgan fingerprint density at radius 3 is 2.69 bits per heavy atom. The summed E-state index contributed by atoms with van der Waals surface area (Å²) in [6, 6.07) is 10.6. The van der Waals surface area contributed by atoms with Crippen LogP contribution in [0.1, 0.15) is 25.3 Å². The predicted molar refractivity (Wildman–Crippen MR) is 134 cm³/mol. The van der Waals surface area contributed by atoms with Gasteiger partial charge in [-0.2, -0.15) is 5.48 Å². The number of ether oxygens (including phenoxy) is 2. The number of rotatable bonds is 12. The number of nitrogens with one attached hydrogen (secondary N) is 2. The van der Waals surface area contributed by atoms with E-state index in [4.69, 9.17) is 14.3 Å². The SMILES string of the molecule is CCCOCCCNOc1ccc(Nc2nccn3c(-c4ccc(OC)c(F)c4)cnc23)cc1C. The van der Waals surface area contributed by atoms with Gasteiger partial charge in [-0.05, 0) is 61.7 Å². The van der Waals surface area contributed by atoms with Gasteiger partial charge in [-0.15, -0.1) is 0 Å². The third kappa shape index (κ3) is 5.87. The minimum Gasteiger partial charge on any atom is -0.494 e. The highest BCUT2D eigenvalue weighted by atomic mass is 19.1. The van der Waals surface area contributed by atoms with Gasteiger partial charge in [-0.3, -0.25) is 4.40 Å². The first-order valence-electron chi connectivity index (χ1n) is 11.6. The molecule has 0 aliphatic heterocycles. The van der Waals surface area contributed by atoms with Crippen LogP contribution in [0.5, 0.6) is 11.5 Å². The number of anilines is 2. The van der Waals surface area contributed by atoms with E-state index in [0.29, 0.717) is 30.2 Å². The lowest BCUT2D eigenvalue weighted by Crippen LogP contribution is -2.21. The first-order valence-corrected chi connectivity index (χ1v) is 11.6. The van der Waals surface area contributed by atoms with Gasteiger partial charge in [-0.1, -0.05) is 6.92 Å². The van der Waals surface area contributed by atoms with Crippen LogP contribution in [0.3, 0.4) is 0 Å². The minimum atomic E-state index is -0.426. The number of hydroxylamine groups is 1. The van der Waals surface area contributed by atoms with E-state index in [9.17, 15) is 4.39 Å². The molecule has 8 nitrogen and oxygen atoms in total. The molecular formula is C26H30FN5O3. The molecule has 0 spiro atoms. The Hall–Kier alpha value is -3.69. The first kappa shape index (κ1) is 24.4. The lowest BCUT2D eigenvalue weighted by molar-refractivity contribution is 0.118. The van der Waals surface area contributed by atoms with Crippen LogP contribution in [0, 0.1) is 12.7 Å². The molecule has 9 heteroatoms. The zero-order valence-corrected chi connectivity index (χ0v) is 20.2. The minimum absolute atomic E-state index is 0.200. The standard InChI is InChI=1S/C26H30FN5O3/c1-4-13-34-14-5-10-30-35-23-9-7-20(15-18(23)2)31-25-26-29-17-22(32(26)12-11-28-25)19-6-8-24(33-3)21(27)16-19/h6-9,11-12,15-17,30H,4-5,10,13-14H2,1-3H3,(H,28,31). The van der Waals surface area contributed by atoms with Crippen LogP contribution in [0.25, 0.3) is 16.9 Å². The van der Waals surface area contributed by atoms with E-state index in [2.05, 4.69) is 27.7 Å². The van der Waals surface area contributed by atoms with Crippen molar-refractivity contribution in [1.29, 1.82) is 0 Å². The maximum Gasteiger partial charge on any atom is 0.180 e. The maximum atomic E-state index is 14.2. The fraction of sp³-hybridized carbons (Fsp3) is 0.308. The van der Waals surface area contributed by atoms with Crippen LogP contribution < -0.4 is 20.4 Å². The molecule has 2 N–H and O–H groups in total. The zero-order chi connectivity index (χ0) is 24.6. The van der Waals surface area contributed by atoms with Crippen molar-refractivity contribution in [2.75, 3.05) is 32.2 Å². The Morgan fingerprint density at radius 2 is 1.91 bits per heavy atom. The van der Waals surface area contributed by atoms with E-state index < -0.39 is 5.82 Å². The Morgan fingerprint density at radius 1 is 1.06 bits per heavy atom. The molecule has 0 aliphatic rings. The average molecular weight is 480 g/mol. The molecule has 0 saturated carbocycles. The van der Waals surface area contributed by atoms with Gasteiger partial charge >= 0.3 is 0 Å². The Balaban J connectivity index is 1.44. The Labute approximate surface area is 204 Å². The fourth-order valence-electron chi connectivity index (χ4n) is 3.65. The number of methoxy groups -OCH3 is 1. The van der Waals surface area contributed by atoms with Gasteiger partial charge in [0.15, 0.2) is 23.0 Å². The maximum absolute atomic E-state index is 14.2. The summed E-state index contributed by atoms with van der Waals surface area (Å²) in [5.41, 5.74) is 6.87.